The SMILES string of the molecule is N=Cc1cccc(NC(=O)c2cc(-c3cnc4cccnc4c3)ccn2)c1.NC=NC1CC1. The molecule has 4 aromatic rings. The number of benzene rings is 1. The third-order valence-corrected chi connectivity index (χ3v) is 4.93. The van der Waals surface area contributed by atoms with Crippen molar-refractivity contribution in [1.29, 1.82) is 5.41 Å². The molecule has 0 atom stereocenters. The highest BCUT2D eigenvalue weighted by Crippen LogP contribution is 2.23. The van der Waals surface area contributed by atoms with Crippen molar-refractivity contribution in [2.45, 2.75) is 18.9 Å². The molecule has 8 heteroatoms. The second kappa shape index (κ2) is 10.2. The average molecular weight is 438 g/mol. The van der Waals surface area contributed by atoms with Gasteiger partial charge in [0.1, 0.15) is 5.69 Å². The molecular formula is C25H23N7O. The molecule has 1 fully saturated rings. The Labute approximate surface area is 191 Å². The second-order valence-electron chi connectivity index (χ2n) is 7.45. The summed E-state index contributed by atoms with van der Waals surface area (Å²) in [5.41, 5.74) is 9.92. The number of hydrogen-bond acceptors (Lipinski definition) is 6. The van der Waals surface area contributed by atoms with Crippen LogP contribution in [-0.4, -0.2) is 39.5 Å². The molecule has 5 rings (SSSR count). The third kappa shape index (κ3) is 5.82. The highest BCUT2D eigenvalue weighted by Gasteiger charge is 2.18. The number of nitrogens with zero attached hydrogens (tertiary/aromatic N) is 4. The summed E-state index contributed by atoms with van der Waals surface area (Å²) in [5, 5.41) is 10.1. The molecule has 164 valence electrons. The average Bonchev–Trinajstić information content (AvgIpc) is 3.69. The number of nitrogens with one attached hydrogen (secondary N) is 2. The summed E-state index contributed by atoms with van der Waals surface area (Å²) in [4.78, 5) is 29.3. The smallest absolute Gasteiger partial charge is 0.274 e. The lowest BCUT2D eigenvalue weighted by atomic mass is 10.1. The van der Waals surface area contributed by atoms with Crippen LogP contribution in [0.5, 0.6) is 0 Å². The largest absolute Gasteiger partial charge is 0.390 e. The highest BCUT2D eigenvalue weighted by molar-refractivity contribution is 6.03. The number of fused-ring (bicyclic) bond motifs is 1. The van der Waals surface area contributed by atoms with E-state index in [9.17, 15) is 4.79 Å². The van der Waals surface area contributed by atoms with Gasteiger partial charge in [-0.1, -0.05) is 12.1 Å². The molecule has 4 N–H and O–H groups in total. The first-order chi connectivity index (χ1) is 16.2. The monoisotopic (exact) mass is 437 g/mol. The quantitative estimate of drug-likeness (QED) is 0.320. The van der Waals surface area contributed by atoms with Crippen molar-refractivity contribution in [2.24, 2.45) is 10.7 Å². The molecule has 0 bridgehead atoms. The fourth-order valence-corrected chi connectivity index (χ4v) is 3.09. The zero-order chi connectivity index (χ0) is 23.0. The molecule has 1 saturated carbocycles. The summed E-state index contributed by atoms with van der Waals surface area (Å²) in [6.07, 6.45) is 10.2. The van der Waals surface area contributed by atoms with Gasteiger partial charge in [-0.3, -0.25) is 24.7 Å². The molecule has 1 amide bonds. The number of carbonyl (C=O) groups is 1. The van der Waals surface area contributed by atoms with Gasteiger partial charge in [0.05, 0.1) is 23.4 Å². The number of pyridine rings is 3. The Morgan fingerprint density at radius 3 is 2.64 bits per heavy atom. The van der Waals surface area contributed by atoms with Crippen molar-refractivity contribution in [3.63, 3.8) is 0 Å². The van der Waals surface area contributed by atoms with Crippen LogP contribution in [0.15, 0.2) is 78.2 Å². The number of hydrogen-bond donors (Lipinski definition) is 3. The molecule has 3 heterocycles. The van der Waals surface area contributed by atoms with E-state index in [0.717, 1.165) is 22.2 Å². The molecule has 0 saturated heterocycles. The summed E-state index contributed by atoms with van der Waals surface area (Å²) in [6.45, 7) is 0. The first-order valence-corrected chi connectivity index (χ1v) is 10.5. The van der Waals surface area contributed by atoms with Gasteiger partial charge in [0, 0.05) is 36.1 Å². The minimum atomic E-state index is -0.314. The van der Waals surface area contributed by atoms with Crippen molar-refractivity contribution in [3.05, 3.63) is 84.4 Å². The summed E-state index contributed by atoms with van der Waals surface area (Å²) < 4.78 is 0. The molecule has 0 spiro atoms. The van der Waals surface area contributed by atoms with E-state index in [0.29, 0.717) is 23.0 Å². The van der Waals surface area contributed by atoms with E-state index in [1.165, 1.54) is 25.4 Å². The maximum atomic E-state index is 12.6. The molecule has 0 radical (unpaired) electrons. The van der Waals surface area contributed by atoms with Crippen molar-refractivity contribution >= 4 is 35.2 Å². The Morgan fingerprint density at radius 2 is 1.88 bits per heavy atom. The number of anilines is 1. The van der Waals surface area contributed by atoms with Crippen LogP contribution in [-0.2, 0) is 0 Å². The predicted octanol–water partition coefficient (Wildman–Crippen LogP) is 4.08. The van der Waals surface area contributed by atoms with Gasteiger partial charge in [0.25, 0.3) is 5.91 Å². The lowest BCUT2D eigenvalue weighted by Gasteiger charge is -2.07. The van der Waals surface area contributed by atoms with E-state index in [-0.39, 0.29) is 5.91 Å². The summed E-state index contributed by atoms with van der Waals surface area (Å²) in [5.74, 6) is -0.314. The lowest BCUT2D eigenvalue weighted by molar-refractivity contribution is 0.102. The minimum Gasteiger partial charge on any atom is -0.390 e. The van der Waals surface area contributed by atoms with E-state index in [1.807, 2.05) is 24.3 Å². The van der Waals surface area contributed by atoms with Gasteiger partial charge in [-0.2, -0.15) is 0 Å². The van der Waals surface area contributed by atoms with Gasteiger partial charge in [0.15, 0.2) is 0 Å². The van der Waals surface area contributed by atoms with E-state index >= 15 is 0 Å². The number of aromatic nitrogens is 3. The van der Waals surface area contributed by atoms with Gasteiger partial charge < -0.3 is 16.5 Å². The number of rotatable bonds is 5. The Hall–Kier alpha value is -4.46. The molecule has 1 aliphatic rings. The van der Waals surface area contributed by atoms with Crippen LogP contribution in [0.25, 0.3) is 22.2 Å². The van der Waals surface area contributed by atoms with Crippen molar-refractivity contribution < 1.29 is 4.79 Å². The second-order valence-corrected chi connectivity index (χ2v) is 7.45. The van der Waals surface area contributed by atoms with Crippen molar-refractivity contribution in [2.75, 3.05) is 5.32 Å². The Bertz CT molecular complexity index is 1310. The fraction of sp³-hybridized carbons (Fsp3) is 0.120. The minimum absolute atomic E-state index is 0.300. The summed E-state index contributed by atoms with van der Waals surface area (Å²) in [6, 6.07) is 16.9. The van der Waals surface area contributed by atoms with Gasteiger partial charge >= 0.3 is 0 Å². The number of carbonyl (C=O) groups excluding carboxylic acids is 1. The van der Waals surface area contributed by atoms with Crippen molar-refractivity contribution in [3.8, 4) is 11.1 Å². The van der Waals surface area contributed by atoms with Crippen LogP contribution in [0.1, 0.15) is 28.9 Å². The Morgan fingerprint density at radius 1 is 1.00 bits per heavy atom. The predicted molar refractivity (Wildman–Crippen MR) is 131 cm³/mol. The lowest BCUT2D eigenvalue weighted by Crippen LogP contribution is -2.13. The zero-order valence-corrected chi connectivity index (χ0v) is 17.8. The van der Waals surface area contributed by atoms with Crippen LogP contribution in [0.2, 0.25) is 0 Å². The number of amides is 1. The molecular weight excluding hydrogens is 414 g/mol. The van der Waals surface area contributed by atoms with Crippen LogP contribution in [0, 0.1) is 5.41 Å². The van der Waals surface area contributed by atoms with E-state index in [4.69, 9.17) is 11.1 Å². The van der Waals surface area contributed by atoms with Crippen LogP contribution in [0.4, 0.5) is 5.69 Å². The molecule has 0 aliphatic heterocycles. The van der Waals surface area contributed by atoms with E-state index < -0.39 is 0 Å². The summed E-state index contributed by atoms with van der Waals surface area (Å²) >= 11 is 0. The van der Waals surface area contributed by atoms with Crippen LogP contribution >= 0.6 is 0 Å². The van der Waals surface area contributed by atoms with Gasteiger partial charge in [-0.05, 0) is 66.4 Å². The Kier molecular flexibility index (Phi) is 6.75. The maximum Gasteiger partial charge on any atom is 0.274 e. The van der Waals surface area contributed by atoms with Crippen molar-refractivity contribution in [1.82, 2.24) is 15.0 Å². The van der Waals surface area contributed by atoms with Gasteiger partial charge in [-0.25, -0.2) is 0 Å². The van der Waals surface area contributed by atoms with Crippen LogP contribution < -0.4 is 11.1 Å². The summed E-state index contributed by atoms with van der Waals surface area (Å²) in [7, 11) is 0. The topological polar surface area (TPSA) is 130 Å². The number of aliphatic imine (C=N–C) groups is 1. The number of nitrogens with two attached hydrogens (primary N) is 1. The molecule has 33 heavy (non-hydrogen) atoms. The standard InChI is InChI=1S/C21H15N5O.C4H8N2/c22-12-14-3-1-4-17(9-14)26-21(27)20-10-15(6-8-24-20)16-11-19-18(25-13-16)5-2-7-23-19;5-3-6-4-1-2-4/h1-13,22H,(H,26,27);3-4H,1-2H2,(H2,5,6). The normalized spacial score (nSPS) is 12.7. The molecule has 1 aromatic carbocycles. The van der Waals surface area contributed by atoms with Gasteiger partial charge in [0.2, 0.25) is 0 Å². The van der Waals surface area contributed by atoms with E-state index in [1.54, 1.807) is 48.9 Å². The van der Waals surface area contributed by atoms with Gasteiger partial charge in [-0.15, -0.1) is 0 Å². The first kappa shape index (κ1) is 21.8. The maximum absolute atomic E-state index is 12.6. The van der Waals surface area contributed by atoms with E-state index in [2.05, 4.69) is 25.3 Å². The molecule has 8 nitrogen and oxygen atoms in total. The third-order valence-electron chi connectivity index (χ3n) is 4.93. The molecule has 0 unspecified atom stereocenters. The fourth-order valence-electron chi connectivity index (χ4n) is 3.09. The van der Waals surface area contributed by atoms with Crippen LogP contribution in [0.3, 0.4) is 0 Å². The molecule has 1 aliphatic carbocycles. The molecule has 3 aromatic heterocycles. The zero-order valence-electron chi connectivity index (χ0n) is 17.8. The first-order valence-electron chi connectivity index (χ1n) is 10.5. The Balaban J connectivity index is 0.000000376. The highest BCUT2D eigenvalue weighted by atomic mass is 16.1.